The predicted octanol–water partition coefficient (Wildman–Crippen LogP) is 1.26. The zero-order valence-corrected chi connectivity index (χ0v) is 6.71. The molecule has 11 heavy (non-hydrogen) atoms. The van der Waals surface area contributed by atoms with Crippen LogP contribution in [0.1, 0.15) is 0 Å². The van der Waals surface area contributed by atoms with Gasteiger partial charge in [-0.1, -0.05) is 0 Å². The molecule has 0 atom stereocenters. The van der Waals surface area contributed by atoms with Crippen molar-refractivity contribution >= 4 is 12.4 Å². The van der Waals surface area contributed by atoms with E-state index in [-0.39, 0.29) is 12.4 Å². The van der Waals surface area contributed by atoms with Crippen LogP contribution in [0, 0.1) is 0 Å². The lowest BCUT2D eigenvalue weighted by atomic mass is 10.2. The average Bonchev–Trinajstić information content (AvgIpc) is 1.57. The number of hydrogen-bond acceptors (Lipinski definition) is 2. The summed E-state index contributed by atoms with van der Waals surface area (Å²) in [6.45, 7) is 0.749. The number of hydrogen-bond donors (Lipinski definition) is 0. The van der Waals surface area contributed by atoms with Crippen LogP contribution in [0.5, 0.6) is 0 Å². The van der Waals surface area contributed by atoms with Crippen LogP contribution in [0.3, 0.4) is 0 Å². The highest BCUT2D eigenvalue weighted by atomic mass is 35.5. The van der Waals surface area contributed by atoms with Crippen molar-refractivity contribution < 1.29 is 17.9 Å². The number of alkyl halides is 3. The largest absolute Gasteiger partial charge is 0.522 e. The molecule has 0 spiro atoms. The zero-order chi connectivity index (χ0) is 7.78. The molecule has 1 aliphatic heterocycles. The van der Waals surface area contributed by atoms with Gasteiger partial charge in [-0.05, 0) is 7.05 Å². The second-order valence-corrected chi connectivity index (χ2v) is 2.41. The molecule has 0 amide bonds. The van der Waals surface area contributed by atoms with Gasteiger partial charge in [0.1, 0.15) is 0 Å². The predicted molar refractivity (Wildman–Crippen MR) is 35.7 cm³/mol. The Morgan fingerprint density at radius 3 is 2.09 bits per heavy atom. The van der Waals surface area contributed by atoms with Crippen LogP contribution in [0.2, 0.25) is 0 Å². The Labute approximate surface area is 68.7 Å². The van der Waals surface area contributed by atoms with E-state index in [4.69, 9.17) is 0 Å². The number of rotatable bonds is 1. The van der Waals surface area contributed by atoms with Gasteiger partial charge in [-0.3, -0.25) is 4.74 Å². The smallest absolute Gasteiger partial charge is 0.301 e. The Bertz CT molecular complexity index is 123. The maximum atomic E-state index is 11.4. The summed E-state index contributed by atoms with van der Waals surface area (Å²) in [6.07, 6.45) is -5.11. The minimum atomic E-state index is -4.47. The molecule has 0 saturated carbocycles. The van der Waals surface area contributed by atoms with Crippen LogP contribution in [0.25, 0.3) is 0 Å². The number of likely N-dealkylation sites (N-methyl/N-ethyl adjacent to an activating group) is 1. The monoisotopic (exact) mass is 191 g/mol. The lowest BCUT2D eigenvalue weighted by molar-refractivity contribution is -0.353. The van der Waals surface area contributed by atoms with Crippen molar-refractivity contribution in [3.63, 3.8) is 0 Å². The van der Waals surface area contributed by atoms with Crippen LogP contribution in [0.4, 0.5) is 13.2 Å². The van der Waals surface area contributed by atoms with Crippen molar-refractivity contribution in [2.45, 2.75) is 12.5 Å². The SMILES string of the molecule is CN1CC(OC(F)(F)F)C1.Cl. The van der Waals surface area contributed by atoms with Gasteiger partial charge in [0.15, 0.2) is 0 Å². The zero-order valence-electron chi connectivity index (χ0n) is 5.89. The van der Waals surface area contributed by atoms with Gasteiger partial charge in [-0.15, -0.1) is 25.6 Å². The van der Waals surface area contributed by atoms with Crippen LogP contribution in [0.15, 0.2) is 0 Å². The van der Waals surface area contributed by atoms with E-state index >= 15 is 0 Å². The molecule has 0 aliphatic carbocycles. The van der Waals surface area contributed by atoms with Gasteiger partial charge < -0.3 is 4.90 Å². The van der Waals surface area contributed by atoms with Gasteiger partial charge in [-0.25, -0.2) is 0 Å². The third-order valence-electron chi connectivity index (χ3n) is 1.33. The first kappa shape index (κ1) is 11.0. The molecule has 0 N–H and O–H groups in total. The van der Waals surface area contributed by atoms with Crippen molar-refractivity contribution in [3.8, 4) is 0 Å². The second kappa shape index (κ2) is 3.60. The van der Waals surface area contributed by atoms with Crippen LogP contribution in [-0.2, 0) is 4.74 Å². The van der Waals surface area contributed by atoms with E-state index < -0.39 is 12.5 Å². The number of likely N-dealkylation sites (tertiary alicyclic amines) is 1. The van der Waals surface area contributed by atoms with Crippen molar-refractivity contribution in [1.29, 1.82) is 0 Å². The topological polar surface area (TPSA) is 12.5 Å². The average molecular weight is 192 g/mol. The van der Waals surface area contributed by atoms with Gasteiger partial charge in [0, 0.05) is 13.1 Å². The number of nitrogens with zero attached hydrogens (tertiary/aromatic N) is 1. The molecule has 68 valence electrons. The molecule has 0 aromatic carbocycles. The van der Waals surface area contributed by atoms with Gasteiger partial charge in [0.25, 0.3) is 0 Å². The lowest BCUT2D eigenvalue weighted by Crippen LogP contribution is -2.51. The van der Waals surface area contributed by atoms with Crippen molar-refractivity contribution in [3.05, 3.63) is 0 Å². The van der Waals surface area contributed by atoms with E-state index in [1.165, 1.54) is 0 Å². The molecule has 0 radical (unpaired) electrons. The summed E-state index contributed by atoms with van der Waals surface area (Å²) in [6, 6.07) is 0. The Kier molecular flexibility index (Phi) is 3.60. The third kappa shape index (κ3) is 3.79. The molecule has 1 aliphatic rings. The fourth-order valence-corrected chi connectivity index (χ4v) is 0.905. The van der Waals surface area contributed by atoms with E-state index in [0.717, 1.165) is 0 Å². The van der Waals surface area contributed by atoms with E-state index in [9.17, 15) is 13.2 Å². The van der Waals surface area contributed by atoms with E-state index in [1.54, 1.807) is 11.9 Å². The summed E-state index contributed by atoms with van der Waals surface area (Å²) in [4.78, 5) is 1.76. The molecular formula is C5H9ClF3NO. The summed E-state index contributed by atoms with van der Waals surface area (Å²) >= 11 is 0. The Balaban J connectivity index is 0.000001000. The van der Waals surface area contributed by atoms with Crippen molar-refractivity contribution in [2.24, 2.45) is 0 Å². The van der Waals surface area contributed by atoms with Gasteiger partial charge in [0.05, 0.1) is 6.10 Å². The third-order valence-corrected chi connectivity index (χ3v) is 1.33. The summed E-state index contributed by atoms with van der Waals surface area (Å²) in [5.41, 5.74) is 0. The first-order valence-electron chi connectivity index (χ1n) is 2.90. The molecule has 0 bridgehead atoms. The normalized spacial score (nSPS) is 20.7. The quantitative estimate of drug-likeness (QED) is 0.619. The molecule has 1 heterocycles. The van der Waals surface area contributed by atoms with Gasteiger partial charge >= 0.3 is 6.36 Å². The van der Waals surface area contributed by atoms with Crippen molar-refractivity contribution in [2.75, 3.05) is 20.1 Å². The van der Waals surface area contributed by atoms with Gasteiger partial charge in [-0.2, -0.15) is 0 Å². The highest BCUT2D eigenvalue weighted by Crippen LogP contribution is 2.22. The minimum Gasteiger partial charge on any atom is -0.301 e. The first-order valence-corrected chi connectivity index (χ1v) is 2.90. The highest BCUT2D eigenvalue weighted by molar-refractivity contribution is 5.85. The summed E-state index contributed by atoms with van der Waals surface area (Å²) in [7, 11) is 1.75. The fourth-order valence-electron chi connectivity index (χ4n) is 0.905. The summed E-state index contributed by atoms with van der Waals surface area (Å²) in [5.74, 6) is 0. The molecule has 1 fully saturated rings. The molecule has 0 aromatic rings. The fraction of sp³-hybridized carbons (Fsp3) is 1.00. The summed E-state index contributed by atoms with van der Waals surface area (Å²) < 4.78 is 37.9. The number of ether oxygens (including phenoxy) is 1. The van der Waals surface area contributed by atoms with Gasteiger partial charge in [0.2, 0.25) is 0 Å². The van der Waals surface area contributed by atoms with E-state index in [1.807, 2.05) is 0 Å². The minimum absolute atomic E-state index is 0. The Morgan fingerprint density at radius 1 is 1.36 bits per heavy atom. The molecule has 0 unspecified atom stereocenters. The first-order chi connectivity index (χ1) is 4.47. The molecular weight excluding hydrogens is 183 g/mol. The standard InChI is InChI=1S/C5H8F3NO.ClH/c1-9-2-4(3-9)10-5(6,7)8;/h4H,2-3H2,1H3;1H. The van der Waals surface area contributed by atoms with Crippen LogP contribution in [-0.4, -0.2) is 37.5 Å². The van der Waals surface area contributed by atoms with Crippen LogP contribution < -0.4 is 0 Å². The maximum Gasteiger partial charge on any atom is 0.522 e. The molecule has 1 saturated heterocycles. The molecule has 2 nitrogen and oxygen atoms in total. The van der Waals surface area contributed by atoms with E-state index in [2.05, 4.69) is 4.74 Å². The highest BCUT2D eigenvalue weighted by Gasteiger charge is 2.37. The molecule has 6 heteroatoms. The van der Waals surface area contributed by atoms with Crippen LogP contribution >= 0.6 is 12.4 Å². The summed E-state index contributed by atoms with van der Waals surface area (Å²) in [5, 5.41) is 0. The van der Waals surface area contributed by atoms with E-state index in [0.29, 0.717) is 13.1 Å². The van der Waals surface area contributed by atoms with Crippen molar-refractivity contribution in [1.82, 2.24) is 4.90 Å². The Morgan fingerprint density at radius 2 is 1.82 bits per heavy atom. The number of halogens is 4. The maximum absolute atomic E-state index is 11.4. The molecule has 0 aromatic heterocycles. The Hall–Kier alpha value is -0.0000000000000000555. The lowest BCUT2D eigenvalue weighted by Gasteiger charge is -2.35. The molecule has 1 rings (SSSR count). The second-order valence-electron chi connectivity index (χ2n) is 2.41.